The smallest absolute Gasteiger partial charge is 0.242 e. The van der Waals surface area contributed by atoms with Gasteiger partial charge in [-0.25, -0.2) is 0 Å². The number of carbonyl (C=O) groups excluding carboxylic acids is 1. The second-order valence-corrected chi connectivity index (χ2v) is 15.1. The van der Waals surface area contributed by atoms with E-state index < -0.39 is 16.6 Å². The third-order valence-electron chi connectivity index (χ3n) is 1.94. The first-order valence-corrected chi connectivity index (χ1v) is 12.9. The van der Waals surface area contributed by atoms with E-state index >= 15 is 0 Å². The van der Waals surface area contributed by atoms with Crippen molar-refractivity contribution in [3.05, 3.63) is 23.8 Å². The lowest BCUT2D eigenvalue weighted by Crippen LogP contribution is -2.32. The predicted molar refractivity (Wildman–Crippen MR) is 79.8 cm³/mol. The second kappa shape index (κ2) is 5.28. The highest BCUT2D eigenvalue weighted by Crippen LogP contribution is 2.32. The fraction of sp³-hybridized carbons (Fsp3) is 0.462. The Hall–Kier alpha value is -1.08. The summed E-state index contributed by atoms with van der Waals surface area (Å²) in [4.78, 5) is 10.8. The lowest BCUT2D eigenvalue weighted by Gasteiger charge is -2.25. The summed E-state index contributed by atoms with van der Waals surface area (Å²) in [6.07, 6.45) is 0.829. The van der Waals surface area contributed by atoms with Crippen molar-refractivity contribution < 1.29 is 13.6 Å². The van der Waals surface area contributed by atoms with E-state index in [4.69, 9.17) is 8.85 Å². The maximum atomic E-state index is 10.8. The van der Waals surface area contributed by atoms with Gasteiger partial charge >= 0.3 is 0 Å². The molecule has 0 aliphatic carbocycles. The Morgan fingerprint density at radius 3 is 1.83 bits per heavy atom. The van der Waals surface area contributed by atoms with Crippen molar-refractivity contribution >= 4 is 22.9 Å². The van der Waals surface area contributed by atoms with Crippen LogP contribution in [0, 0.1) is 0 Å². The summed E-state index contributed by atoms with van der Waals surface area (Å²) in [6, 6.07) is 5.36. The second-order valence-electron chi connectivity index (χ2n) is 6.25. The van der Waals surface area contributed by atoms with Crippen LogP contribution in [-0.2, 0) is 0 Å². The zero-order chi connectivity index (χ0) is 14.0. The fourth-order valence-electron chi connectivity index (χ4n) is 1.42. The van der Waals surface area contributed by atoms with E-state index in [0.29, 0.717) is 11.3 Å². The van der Waals surface area contributed by atoms with Crippen molar-refractivity contribution in [1.29, 1.82) is 0 Å². The Labute approximate surface area is 111 Å². The normalized spacial score (nSPS) is 12.1. The molecule has 0 unspecified atom stereocenters. The van der Waals surface area contributed by atoms with Crippen molar-refractivity contribution in [2.75, 3.05) is 0 Å². The van der Waals surface area contributed by atoms with Crippen LogP contribution in [0.3, 0.4) is 0 Å². The summed E-state index contributed by atoms with van der Waals surface area (Å²) in [5.74, 6) is 1.45. The Bertz CT molecular complexity index is 431. The fourth-order valence-corrected chi connectivity index (χ4v) is 3.07. The van der Waals surface area contributed by atoms with Gasteiger partial charge in [-0.3, -0.25) is 4.79 Å². The predicted octanol–water partition coefficient (Wildman–Crippen LogP) is 3.93. The molecule has 0 N–H and O–H groups in total. The summed E-state index contributed by atoms with van der Waals surface area (Å²) >= 11 is 0. The molecule has 0 heterocycles. The minimum absolute atomic E-state index is 0.617. The standard InChI is InChI=1S/C13H22O3Si2/c1-17(2,3)15-12-8-7-11(10-14)9-13(12)16-18(4,5)6/h7-10H,1-6H3. The van der Waals surface area contributed by atoms with Gasteiger partial charge in [-0.15, -0.1) is 0 Å². The molecule has 0 aliphatic heterocycles. The van der Waals surface area contributed by atoms with E-state index in [1.165, 1.54) is 0 Å². The van der Waals surface area contributed by atoms with Crippen molar-refractivity contribution in [2.24, 2.45) is 0 Å². The molecular formula is C13H22O3Si2. The molecule has 0 amide bonds. The van der Waals surface area contributed by atoms with E-state index in [1.807, 2.05) is 6.07 Å². The molecule has 3 nitrogen and oxygen atoms in total. The van der Waals surface area contributed by atoms with Crippen LogP contribution in [0.2, 0.25) is 39.3 Å². The first-order chi connectivity index (χ1) is 8.11. The monoisotopic (exact) mass is 282 g/mol. The minimum Gasteiger partial charge on any atom is -0.542 e. The van der Waals surface area contributed by atoms with Crippen molar-refractivity contribution in [3.8, 4) is 11.5 Å². The molecule has 0 atom stereocenters. The van der Waals surface area contributed by atoms with E-state index in [0.717, 1.165) is 12.0 Å². The summed E-state index contributed by atoms with van der Waals surface area (Å²) in [7, 11) is -3.41. The van der Waals surface area contributed by atoms with E-state index in [-0.39, 0.29) is 0 Å². The number of benzene rings is 1. The molecular weight excluding hydrogens is 260 g/mol. The van der Waals surface area contributed by atoms with Gasteiger partial charge in [-0.1, -0.05) is 0 Å². The molecule has 18 heavy (non-hydrogen) atoms. The van der Waals surface area contributed by atoms with Crippen LogP contribution in [0.15, 0.2) is 18.2 Å². The third-order valence-corrected chi connectivity index (χ3v) is 3.60. The van der Waals surface area contributed by atoms with E-state index in [9.17, 15) is 4.79 Å². The van der Waals surface area contributed by atoms with Gasteiger partial charge in [0.05, 0.1) is 0 Å². The van der Waals surface area contributed by atoms with Crippen molar-refractivity contribution in [2.45, 2.75) is 39.3 Å². The van der Waals surface area contributed by atoms with Crippen molar-refractivity contribution in [1.82, 2.24) is 0 Å². The molecule has 1 aromatic carbocycles. The van der Waals surface area contributed by atoms with Crippen LogP contribution in [0.1, 0.15) is 10.4 Å². The van der Waals surface area contributed by atoms with Gasteiger partial charge in [0.25, 0.3) is 0 Å². The zero-order valence-corrected chi connectivity index (χ0v) is 14.0. The van der Waals surface area contributed by atoms with Crippen LogP contribution in [0.25, 0.3) is 0 Å². The summed E-state index contributed by atoms with van der Waals surface area (Å²) in [5.41, 5.74) is 0.617. The number of aldehydes is 1. The highest BCUT2D eigenvalue weighted by molar-refractivity contribution is 6.71. The largest absolute Gasteiger partial charge is 0.542 e. The summed E-state index contributed by atoms with van der Waals surface area (Å²) in [6.45, 7) is 12.7. The number of rotatable bonds is 5. The first kappa shape index (κ1) is 15.0. The van der Waals surface area contributed by atoms with Crippen LogP contribution in [-0.4, -0.2) is 22.9 Å². The lowest BCUT2D eigenvalue weighted by atomic mass is 10.2. The molecule has 1 aromatic rings. The molecule has 0 saturated carbocycles. The van der Waals surface area contributed by atoms with Gasteiger partial charge in [-0.05, 0) is 57.5 Å². The van der Waals surface area contributed by atoms with Gasteiger partial charge < -0.3 is 8.85 Å². The molecule has 0 aromatic heterocycles. The first-order valence-electron chi connectivity index (χ1n) is 6.08. The quantitative estimate of drug-likeness (QED) is 0.606. The van der Waals surface area contributed by atoms with Crippen LogP contribution in [0.5, 0.6) is 11.5 Å². The highest BCUT2D eigenvalue weighted by Gasteiger charge is 2.22. The Morgan fingerprint density at radius 1 is 0.889 bits per heavy atom. The number of hydrogen-bond acceptors (Lipinski definition) is 3. The number of carbonyl (C=O) groups is 1. The van der Waals surface area contributed by atoms with Gasteiger partial charge in [0, 0.05) is 5.56 Å². The SMILES string of the molecule is C[Si](C)(C)Oc1ccc(C=O)cc1O[Si](C)(C)C. The van der Waals surface area contributed by atoms with Gasteiger partial charge in [-0.2, -0.15) is 0 Å². The molecule has 1 rings (SSSR count). The van der Waals surface area contributed by atoms with Gasteiger partial charge in [0.2, 0.25) is 16.6 Å². The van der Waals surface area contributed by atoms with Crippen molar-refractivity contribution in [3.63, 3.8) is 0 Å². The highest BCUT2D eigenvalue weighted by atomic mass is 28.4. The van der Waals surface area contributed by atoms with Crippen LogP contribution < -0.4 is 8.85 Å². The average Bonchev–Trinajstić information content (AvgIpc) is 2.16. The molecule has 0 spiro atoms. The molecule has 0 fully saturated rings. The van der Waals surface area contributed by atoms with E-state index in [1.54, 1.807) is 12.1 Å². The minimum atomic E-state index is -1.72. The molecule has 0 saturated heterocycles. The zero-order valence-electron chi connectivity index (χ0n) is 12.0. The Balaban J connectivity index is 3.12. The number of hydrogen-bond donors (Lipinski definition) is 0. The Kier molecular flexibility index (Phi) is 4.39. The van der Waals surface area contributed by atoms with Crippen LogP contribution >= 0.6 is 0 Å². The topological polar surface area (TPSA) is 35.5 Å². The maximum Gasteiger partial charge on any atom is 0.242 e. The van der Waals surface area contributed by atoms with E-state index in [2.05, 4.69) is 39.3 Å². The third kappa shape index (κ3) is 5.06. The molecule has 0 radical (unpaired) electrons. The Morgan fingerprint density at radius 2 is 1.39 bits per heavy atom. The maximum absolute atomic E-state index is 10.8. The summed E-state index contributed by atoms with van der Waals surface area (Å²) in [5, 5.41) is 0. The van der Waals surface area contributed by atoms with Crippen LogP contribution in [0.4, 0.5) is 0 Å². The molecule has 5 heteroatoms. The average molecular weight is 282 g/mol. The summed E-state index contributed by atoms with van der Waals surface area (Å²) < 4.78 is 12.0. The molecule has 0 aliphatic rings. The molecule has 100 valence electrons. The van der Waals surface area contributed by atoms with Gasteiger partial charge in [0.15, 0.2) is 0 Å². The molecule has 0 bridgehead atoms. The lowest BCUT2D eigenvalue weighted by molar-refractivity contribution is 0.112. The van der Waals surface area contributed by atoms with Gasteiger partial charge in [0.1, 0.15) is 17.8 Å².